The van der Waals surface area contributed by atoms with Crippen LogP contribution in [0.2, 0.25) is 0 Å². The Hall–Kier alpha value is -3.98. The monoisotopic (exact) mass is 451 g/mol. The van der Waals surface area contributed by atoms with Crippen molar-refractivity contribution < 1.29 is 24.4 Å². The molecule has 0 unspecified atom stereocenters. The van der Waals surface area contributed by atoms with Crippen LogP contribution in [0.25, 0.3) is 5.76 Å². The van der Waals surface area contributed by atoms with E-state index in [0.29, 0.717) is 30.0 Å². The van der Waals surface area contributed by atoms with Crippen molar-refractivity contribution in [1.82, 2.24) is 9.80 Å². The van der Waals surface area contributed by atoms with Crippen molar-refractivity contribution in [2.24, 2.45) is 0 Å². The minimum atomic E-state index is -0.957. The van der Waals surface area contributed by atoms with E-state index in [-0.39, 0.29) is 23.6 Å². The normalized spacial score (nSPS) is 17.4. The maximum atomic E-state index is 13.0. The molecule has 0 spiro atoms. The molecule has 1 N–H and O–H groups in total. The molecular weight excluding hydrogens is 426 g/mol. The average molecular weight is 451 g/mol. The highest BCUT2D eigenvalue weighted by molar-refractivity contribution is 6.46. The minimum absolute atomic E-state index is 0.112. The van der Waals surface area contributed by atoms with Crippen molar-refractivity contribution in [2.45, 2.75) is 6.04 Å². The molecule has 0 saturated carbocycles. The van der Waals surface area contributed by atoms with Crippen molar-refractivity contribution in [2.75, 3.05) is 33.8 Å². The Bertz CT molecular complexity index is 1110. The summed E-state index contributed by atoms with van der Waals surface area (Å²) in [5, 5.41) is 22.4. The lowest BCUT2D eigenvalue weighted by Gasteiger charge is -2.26. The fraction of sp³-hybridized carbons (Fsp3) is 0.250. The Morgan fingerprint density at radius 2 is 1.94 bits per heavy atom. The fourth-order valence-electron chi connectivity index (χ4n) is 3.59. The van der Waals surface area contributed by atoms with Gasteiger partial charge in [0.2, 0.25) is 0 Å². The van der Waals surface area contributed by atoms with Crippen LogP contribution in [0.15, 0.2) is 66.8 Å². The van der Waals surface area contributed by atoms with Crippen molar-refractivity contribution in [3.63, 3.8) is 0 Å². The maximum absolute atomic E-state index is 13.0. The largest absolute Gasteiger partial charge is 0.507 e. The van der Waals surface area contributed by atoms with Gasteiger partial charge < -0.3 is 19.6 Å². The first kappa shape index (κ1) is 23.7. The van der Waals surface area contributed by atoms with Gasteiger partial charge in [0, 0.05) is 30.8 Å². The third-order valence-corrected chi connectivity index (χ3v) is 5.22. The van der Waals surface area contributed by atoms with Crippen molar-refractivity contribution in [3.8, 4) is 5.75 Å². The quantitative estimate of drug-likeness (QED) is 0.156. The molecular formula is C24H25N3O6. The van der Waals surface area contributed by atoms with Crippen LogP contribution in [0.1, 0.15) is 17.2 Å². The molecule has 172 valence electrons. The lowest BCUT2D eigenvalue weighted by molar-refractivity contribution is -0.384. The Kier molecular flexibility index (Phi) is 7.24. The molecule has 2 aromatic rings. The van der Waals surface area contributed by atoms with Crippen molar-refractivity contribution in [3.05, 3.63) is 88.0 Å². The lowest BCUT2D eigenvalue weighted by atomic mass is 9.95. The van der Waals surface area contributed by atoms with E-state index in [1.165, 1.54) is 23.1 Å². The Labute approximate surface area is 191 Å². The zero-order valence-corrected chi connectivity index (χ0v) is 18.4. The molecule has 1 saturated heterocycles. The number of ketones is 1. The van der Waals surface area contributed by atoms with E-state index in [1.807, 2.05) is 19.0 Å². The van der Waals surface area contributed by atoms with Gasteiger partial charge in [-0.15, -0.1) is 0 Å². The van der Waals surface area contributed by atoms with Crippen LogP contribution in [0.5, 0.6) is 5.75 Å². The topological polar surface area (TPSA) is 113 Å². The third kappa shape index (κ3) is 5.09. The number of hydrogen-bond acceptors (Lipinski definition) is 7. The van der Waals surface area contributed by atoms with Gasteiger partial charge in [0.05, 0.1) is 16.5 Å². The number of nitrogens with zero attached hydrogens (tertiary/aromatic N) is 3. The number of carbonyl (C=O) groups is 2. The second kappa shape index (κ2) is 10.1. The van der Waals surface area contributed by atoms with Gasteiger partial charge in [-0.25, -0.2) is 0 Å². The molecule has 9 nitrogen and oxygen atoms in total. The van der Waals surface area contributed by atoms with E-state index in [1.54, 1.807) is 36.4 Å². The van der Waals surface area contributed by atoms with E-state index in [9.17, 15) is 24.8 Å². The minimum Gasteiger partial charge on any atom is -0.507 e. The number of likely N-dealkylation sites (N-methyl/N-ethyl adjacent to an activating group) is 1. The first-order chi connectivity index (χ1) is 15.7. The number of benzene rings is 2. The zero-order chi connectivity index (χ0) is 24.1. The molecule has 1 atom stereocenters. The summed E-state index contributed by atoms with van der Waals surface area (Å²) >= 11 is 0. The fourth-order valence-corrected chi connectivity index (χ4v) is 3.59. The summed E-state index contributed by atoms with van der Waals surface area (Å²) < 4.78 is 5.44. The summed E-state index contributed by atoms with van der Waals surface area (Å²) in [5.41, 5.74) is 0.407. The number of carbonyl (C=O) groups excluding carboxylic acids is 2. The third-order valence-electron chi connectivity index (χ3n) is 5.22. The molecule has 2 aromatic carbocycles. The number of hydrogen-bond donors (Lipinski definition) is 1. The summed E-state index contributed by atoms with van der Waals surface area (Å²) in [4.78, 5) is 39.8. The summed E-state index contributed by atoms with van der Waals surface area (Å²) in [6.45, 7) is 4.57. The molecule has 3 rings (SSSR count). The highest BCUT2D eigenvalue weighted by atomic mass is 16.6. The number of amides is 1. The number of aliphatic hydroxyl groups is 1. The van der Waals surface area contributed by atoms with Gasteiger partial charge in [0.1, 0.15) is 18.1 Å². The lowest BCUT2D eigenvalue weighted by Crippen LogP contribution is -2.35. The van der Waals surface area contributed by atoms with E-state index in [0.717, 1.165) is 0 Å². The van der Waals surface area contributed by atoms with Crippen LogP contribution in [-0.4, -0.2) is 65.3 Å². The van der Waals surface area contributed by atoms with Gasteiger partial charge in [-0.05, 0) is 43.9 Å². The maximum Gasteiger partial charge on any atom is 0.295 e. The highest BCUT2D eigenvalue weighted by Gasteiger charge is 2.46. The highest BCUT2D eigenvalue weighted by Crippen LogP contribution is 2.40. The molecule has 1 aliphatic heterocycles. The molecule has 0 radical (unpaired) electrons. The molecule has 9 heteroatoms. The standard InChI is InChI=1S/C24H25N3O6/c1-4-14-33-19-10-8-16(9-11-19)22(28)20-21(17-6-5-7-18(15-17)27(31)32)26(13-12-25(2)3)24(30)23(20)29/h4-11,15,21,28H,1,12-14H2,2-3H3/b22-20+/t21-/m0/s1. The Morgan fingerprint density at radius 3 is 2.55 bits per heavy atom. The van der Waals surface area contributed by atoms with Crippen LogP contribution in [0.4, 0.5) is 5.69 Å². The van der Waals surface area contributed by atoms with Crippen LogP contribution >= 0.6 is 0 Å². The summed E-state index contributed by atoms with van der Waals surface area (Å²) in [6, 6.07) is 11.2. The van der Waals surface area contributed by atoms with Crippen LogP contribution in [0, 0.1) is 10.1 Å². The Balaban J connectivity index is 2.10. The van der Waals surface area contributed by atoms with E-state index in [2.05, 4.69) is 6.58 Å². The molecule has 1 fully saturated rings. The zero-order valence-electron chi connectivity index (χ0n) is 18.4. The predicted octanol–water partition coefficient (Wildman–Crippen LogP) is 3.14. The first-order valence-corrected chi connectivity index (χ1v) is 10.3. The first-order valence-electron chi connectivity index (χ1n) is 10.3. The van der Waals surface area contributed by atoms with E-state index < -0.39 is 22.7 Å². The van der Waals surface area contributed by atoms with Gasteiger partial charge >= 0.3 is 0 Å². The number of rotatable bonds is 9. The number of likely N-dealkylation sites (tertiary alicyclic amines) is 1. The smallest absolute Gasteiger partial charge is 0.295 e. The van der Waals surface area contributed by atoms with Crippen LogP contribution in [-0.2, 0) is 9.59 Å². The number of nitro groups is 1. The molecule has 0 aliphatic carbocycles. The number of non-ortho nitro benzene ring substituents is 1. The second-order valence-electron chi connectivity index (χ2n) is 7.77. The molecule has 1 aliphatic rings. The van der Waals surface area contributed by atoms with Gasteiger partial charge in [0.15, 0.2) is 0 Å². The second-order valence-corrected chi connectivity index (χ2v) is 7.77. The summed E-state index contributed by atoms with van der Waals surface area (Å²) in [7, 11) is 3.66. The number of Topliss-reactive ketones (excluding diaryl/α,β-unsaturated/α-hetero) is 1. The number of aliphatic hydroxyl groups excluding tert-OH is 1. The van der Waals surface area contributed by atoms with Crippen molar-refractivity contribution >= 4 is 23.1 Å². The molecule has 0 bridgehead atoms. The van der Waals surface area contributed by atoms with Gasteiger partial charge in [0.25, 0.3) is 17.4 Å². The van der Waals surface area contributed by atoms with Crippen LogP contribution in [0.3, 0.4) is 0 Å². The number of ether oxygens (including phenoxy) is 1. The molecule has 1 heterocycles. The van der Waals surface area contributed by atoms with E-state index in [4.69, 9.17) is 4.74 Å². The Morgan fingerprint density at radius 1 is 1.24 bits per heavy atom. The van der Waals surface area contributed by atoms with Gasteiger partial charge in [-0.1, -0.05) is 24.8 Å². The summed E-state index contributed by atoms with van der Waals surface area (Å²) in [5.74, 6) is -1.41. The molecule has 0 aromatic heterocycles. The molecule has 1 amide bonds. The SMILES string of the molecule is C=CCOc1ccc(/C(O)=C2\C(=O)C(=O)N(CCN(C)C)[C@H]2c2cccc([N+](=O)[O-])c2)cc1. The van der Waals surface area contributed by atoms with Crippen molar-refractivity contribution in [1.29, 1.82) is 0 Å². The van der Waals surface area contributed by atoms with Gasteiger partial charge in [-0.2, -0.15) is 0 Å². The van der Waals surface area contributed by atoms with Crippen LogP contribution < -0.4 is 4.74 Å². The molecule has 33 heavy (non-hydrogen) atoms. The van der Waals surface area contributed by atoms with E-state index >= 15 is 0 Å². The van der Waals surface area contributed by atoms with Gasteiger partial charge in [-0.3, -0.25) is 19.7 Å². The summed E-state index contributed by atoms with van der Waals surface area (Å²) in [6.07, 6.45) is 1.60. The number of nitro benzene ring substituents is 1. The predicted molar refractivity (Wildman–Crippen MR) is 123 cm³/mol. The average Bonchev–Trinajstić information content (AvgIpc) is 3.06.